The van der Waals surface area contributed by atoms with E-state index in [-0.39, 0.29) is 22.7 Å². The van der Waals surface area contributed by atoms with Crippen molar-refractivity contribution in [3.63, 3.8) is 0 Å². The fraction of sp³-hybridized carbons (Fsp3) is 0.278. The van der Waals surface area contributed by atoms with Crippen LogP contribution in [-0.4, -0.2) is 39.1 Å². The Kier molecular flexibility index (Phi) is 4.53. The fourth-order valence-corrected chi connectivity index (χ4v) is 4.05. The SMILES string of the molecule is CC(=O)N1CC(C)Oc2ccc(S(=O)(=O)N(C)c3ccc(O)cc3)cc21. The minimum absolute atomic E-state index is 0.0521. The Balaban J connectivity index is 2.02. The van der Waals surface area contributed by atoms with Crippen LogP contribution in [0.1, 0.15) is 13.8 Å². The van der Waals surface area contributed by atoms with E-state index in [0.29, 0.717) is 23.7 Å². The lowest BCUT2D eigenvalue weighted by Gasteiger charge is -2.33. The first-order chi connectivity index (χ1) is 12.2. The molecule has 0 fully saturated rings. The van der Waals surface area contributed by atoms with E-state index in [9.17, 15) is 18.3 Å². The quantitative estimate of drug-likeness (QED) is 0.889. The second kappa shape index (κ2) is 6.53. The van der Waals surface area contributed by atoms with Crippen LogP contribution in [0.4, 0.5) is 11.4 Å². The Morgan fingerprint density at radius 1 is 1.23 bits per heavy atom. The highest BCUT2D eigenvalue weighted by Gasteiger charge is 2.29. The number of ether oxygens (including phenoxy) is 1. The Hall–Kier alpha value is -2.74. The topological polar surface area (TPSA) is 87.2 Å². The number of fused-ring (bicyclic) bond motifs is 1. The summed E-state index contributed by atoms with van der Waals surface area (Å²) in [5.74, 6) is 0.352. The van der Waals surface area contributed by atoms with Crippen molar-refractivity contribution in [2.45, 2.75) is 24.8 Å². The molecule has 26 heavy (non-hydrogen) atoms. The van der Waals surface area contributed by atoms with Gasteiger partial charge >= 0.3 is 0 Å². The molecule has 1 atom stereocenters. The lowest BCUT2D eigenvalue weighted by Crippen LogP contribution is -2.41. The summed E-state index contributed by atoms with van der Waals surface area (Å²) in [5, 5.41) is 9.37. The van der Waals surface area contributed by atoms with Crippen LogP contribution in [0.2, 0.25) is 0 Å². The molecule has 0 bridgehead atoms. The van der Waals surface area contributed by atoms with E-state index in [1.165, 1.54) is 55.3 Å². The summed E-state index contributed by atoms with van der Waals surface area (Å²) in [4.78, 5) is 13.5. The molecule has 2 aromatic carbocycles. The number of phenols is 1. The second-order valence-corrected chi connectivity index (χ2v) is 8.15. The molecule has 0 saturated heterocycles. The third-order valence-corrected chi connectivity index (χ3v) is 6.02. The molecule has 1 N–H and O–H groups in total. The van der Waals surface area contributed by atoms with Gasteiger partial charge in [0.15, 0.2) is 0 Å². The normalized spacial score (nSPS) is 16.6. The summed E-state index contributed by atoms with van der Waals surface area (Å²) in [6.45, 7) is 3.65. The number of amides is 1. The van der Waals surface area contributed by atoms with Crippen LogP contribution in [0.15, 0.2) is 47.4 Å². The molecule has 0 aliphatic carbocycles. The number of sulfonamides is 1. The number of aromatic hydroxyl groups is 1. The highest BCUT2D eigenvalue weighted by atomic mass is 32.2. The second-order valence-electron chi connectivity index (χ2n) is 6.18. The molecule has 1 unspecified atom stereocenters. The Labute approximate surface area is 152 Å². The maximum absolute atomic E-state index is 13.0. The molecule has 1 amide bonds. The van der Waals surface area contributed by atoms with Crippen LogP contribution in [0.3, 0.4) is 0 Å². The molecule has 3 rings (SSSR count). The summed E-state index contributed by atoms with van der Waals surface area (Å²) in [7, 11) is -2.41. The highest BCUT2D eigenvalue weighted by molar-refractivity contribution is 7.92. The van der Waals surface area contributed by atoms with Gasteiger partial charge < -0.3 is 14.7 Å². The van der Waals surface area contributed by atoms with Crippen molar-refractivity contribution >= 4 is 27.3 Å². The summed E-state index contributed by atoms with van der Waals surface area (Å²) < 4.78 is 32.8. The number of nitrogens with zero attached hydrogens (tertiary/aromatic N) is 2. The van der Waals surface area contributed by atoms with Gasteiger partial charge in [-0.25, -0.2) is 8.42 Å². The number of benzene rings is 2. The average molecular weight is 376 g/mol. The molecule has 1 aliphatic rings. The van der Waals surface area contributed by atoms with Gasteiger partial charge in [0, 0.05) is 14.0 Å². The monoisotopic (exact) mass is 376 g/mol. The Bertz CT molecular complexity index is 941. The van der Waals surface area contributed by atoms with Crippen molar-refractivity contribution in [3.05, 3.63) is 42.5 Å². The van der Waals surface area contributed by atoms with Crippen LogP contribution in [0, 0.1) is 0 Å². The van der Waals surface area contributed by atoms with Crippen molar-refractivity contribution in [2.24, 2.45) is 0 Å². The number of hydrogen-bond acceptors (Lipinski definition) is 5. The van der Waals surface area contributed by atoms with E-state index in [4.69, 9.17) is 4.74 Å². The van der Waals surface area contributed by atoms with Gasteiger partial charge in [-0.3, -0.25) is 9.10 Å². The van der Waals surface area contributed by atoms with E-state index < -0.39 is 10.0 Å². The number of hydrogen-bond donors (Lipinski definition) is 1. The Morgan fingerprint density at radius 3 is 2.50 bits per heavy atom. The maximum atomic E-state index is 13.0. The molecular weight excluding hydrogens is 356 g/mol. The fourth-order valence-electron chi connectivity index (χ4n) is 2.84. The number of carbonyl (C=O) groups excluding carboxylic acids is 1. The first kappa shape index (κ1) is 18.1. The molecule has 7 nitrogen and oxygen atoms in total. The van der Waals surface area contributed by atoms with Crippen LogP contribution >= 0.6 is 0 Å². The molecule has 1 heterocycles. The first-order valence-corrected chi connectivity index (χ1v) is 9.51. The van der Waals surface area contributed by atoms with Crippen molar-refractivity contribution in [1.29, 1.82) is 0 Å². The average Bonchev–Trinajstić information content (AvgIpc) is 2.60. The van der Waals surface area contributed by atoms with Crippen molar-refractivity contribution in [3.8, 4) is 11.5 Å². The lowest BCUT2D eigenvalue weighted by molar-refractivity contribution is -0.117. The van der Waals surface area contributed by atoms with E-state index in [1.54, 1.807) is 6.07 Å². The number of phenolic OH excluding ortho intramolecular Hbond substituents is 1. The van der Waals surface area contributed by atoms with Crippen molar-refractivity contribution in [1.82, 2.24) is 0 Å². The number of rotatable bonds is 3. The first-order valence-electron chi connectivity index (χ1n) is 8.07. The minimum atomic E-state index is -3.84. The smallest absolute Gasteiger partial charge is 0.264 e. The zero-order valence-corrected chi connectivity index (χ0v) is 15.5. The molecule has 2 aromatic rings. The minimum Gasteiger partial charge on any atom is -0.508 e. The van der Waals surface area contributed by atoms with Crippen molar-refractivity contribution < 1.29 is 23.1 Å². The van der Waals surface area contributed by atoms with E-state index in [1.807, 2.05) is 6.92 Å². The highest BCUT2D eigenvalue weighted by Crippen LogP contribution is 2.36. The van der Waals surface area contributed by atoms with Gasteiger partial charge in [0.25, 0.3) is 10.0 Å². The summed E-state index contributed by atoms with van der Waals surface area (Å²) in [5.41, 5.74) is 0.851. The molecule has 8 heteroatoms. The summed E-state index contributed by atoms with van der Waals surface area (Å²) in [6, 6.07) is 10.3. The predicted molar refractivity (Wildman–Crippen MR) is 98.3 cm³/mol. The number of anilines is 2. The number of carbonyl (C=O) groups is 1. The predicted octanol–water partition coefficient (Wildman–Crippen LogP) is 2.35. The van der Waals surface area contributed by atoms with E-state index in [0.717, 1.165) is 4.31 Å². The van der Waals surface area contributed by atoms with E-state index in [2.05, 4.69) is 0 Å². The summed E-state index contributed by atoms with van der Waals surface area (Å²) >= 11 is 0. The van der Waals surface area contributed by atoms with Crippen molar-refractivity contribution in [2.75, 3.05) is 22.8 Å². The van der Waals surface area contributed by atoms with Gasteiger partial charge in [0.05, 0.1) is 22.8 Å². The third kappa shape index (κ3) is 3.20. The lowest BCUT2D eigenvalue weighted by atomic mass is 10.2. The largest absolute Gasteiger partial charge is 0.508 e. The molecule has 0 radical (unpaired) electrons. The third-order valence-electron chi connectivity index (χ3n) is 4.24. The van der Waals surface area contributed by atoms with Gasteiger partial charge in [0.1, 0.15) is 17.6 Å². The van der Waals surface area contributed by atoms with Gasteiger partial charge in [-0.05, 0) is 49.4 Å². The standard InChI is InChI=1S/C18H20N2O5S/c1-12-11-20(13(2)21)17-10-16(8-9-18(17)25-12)26(23,24)19(3)14-4-6-15(22)7-5-14/h4-10,12,22H,11H2,1-3H3. The van der Waals surface area contributed by atoms with Gasteiger partial charge in [-0.2, -0.15) is 0 Å². The van der Waals surface area contributed by atoms with Gasteiger partial charge in [-0.15, -0.1) is 0 Å². The molecular formula is C18H20N2O5S. The van der Waals surface area contributed by atoms with Crippen LogP contribution < -0.4 is 13.9 Å². The van der Waals surface area contributed by atoms with Crippen LogP contribution in [0.25, 0.3) is 0 Å². The molecule has 138 valence electrons. The van der Waals surface area contributed by atoms with Gasteiger partial charge in [0.2, 0.25) is 5.91 Å². The van der Waals surface area contributed by atoms with Crippen LogP contribution in [0.5, 0.6) is 11.5 Å². The van der Waals surface area contributed by atoms with Crippen LogP contribution in [-0.2, 0) is 14.8 Å². The van der Waals surface area contributed by atoms with Gasteiger partial charge in [-0.1, -0.05) is 0 Å². The zero-order valence-electron chi connectivity index (χ0n) is 14.7. The van der Waals surface area contributed by atoms with E-state index >= 15 is 0 Å². The molecule has 0 aromatic heterocycles. The molecule has 0 spiro atoms. The molecule has 0 saturated carbocycles. The maximum Gasteiger partial charge on any atom is 0.264 e. The Morgan fingerprint density at radius 2 is 1.88 bits per heavy atom. The summed E-state index contributed by atoms with van der Waals surface area (Å²) in [6.07, 6.45) is -0.173. The zero-order chi connectivity index (χ0) is 19.1. The molecule has 1 aliphatic heterocycles.